The molecule has 1 heterocycles. The van der Waals surface area contributed by atoms with Crippen molar-refractivity contribution >= 4 is 5.91 Å². The van der Waals surface area contributed by atoms with Crippen molar-refractivity contribution in [3.05, 3.63) is 59.5 Å². The Labute approximate surface area is 124 Å². The maximum absolute atomic E-state index is 12.0. The number of furan rings is 1. The molecule has 0 saturated heterocycles. The number of hydrogen-bond acceptors (Lipinski definition) is 3. The Bertz CT molecular complexity index is 546. The van der Waals surface area contributed by atoms with E-state index in [1.807, 2.05) is 24.3 Å². The molecule has 4 heteroatoms. The van der Waals surface area contributed by atoms with E-state index in [-0.39, 0.29) is 5.91 Å². The van der Waals surface area contributed by atoms with Crippen LogP contribution < -0.4 is 5.32 Å². The largest absolute Gasteiger partial charge is 0.467 e. The third-order valence-corrected chi connectivity index (χ3v) is 3.33. The highest BCUT2D eigenvalue weighted by Gasteiger charge is 2.11. The van der Waals surface area contributed by atoms with E-state index in [2.05, 4.69) is 12.2 Å². The molecule has 0 bridgehead atoms. The Morgan fingerprint density at radius 2 is 2.05 bits per heavy atom. The summed E-state index contributed by atoms with van der Waals surface area (Å²) in [5.41, 5.74) is 1.88. The second-order valence-electron chi connectivity index (χ2n) is 5.02. The van der Waals surface area contributed by atoms with Crippen LogP contribution in [0.25, 0.3) is 0 Å². The highest BCUT2D eigenvalue weighted by atomic mass is 16.4. The molecule has 1 aromatic heterocycles. The van der Waals surface area contributed by atoms with Crippen molar-refractivity contribution in [3.63, 3.8) is 0 Å². The van der Waals surface area contributed by atoms with E-state index in [0.29, 0.717) is 24.3 Å². The van der Waals surface area contributed by atoms with Gasteiger partial charge in [0.25, 0.3) is 5.91 Å². The molecule has 1 aromatic carbocycles. The Kier molecular flexibility index (Phi) is 5.58. The van der Waals surface area contributed by atoms with Crippen LogP contribution >= 0.6 is 0 Å². The summed E-state index contributed by atoms with van der Waals surface area (Å²) in [5.74, 6) is 0.401. The highest BCUT2D eigenvalue weighted by molar-refractivity contribution is 5.94. The number of carbonyl (C=O) groups is 1. The zero-order valence-corrected chi connectivity index (χ0v) is 12.2. The lowest BCUT2D eigenvalue weighted by Crippen LogP contribution is -2.25. The minimum atomic E-state index is -0.688. The van der Waals surface area contributed by atoms with Crippen molar-refractivity contribution in [2.45, 2.75) is 32.3 Å². The van der Waals surface area contributed by atoms with Crippen LogP contribution in [0.15, 0.2) is 47.1 Å². The summed E-state index contributed by atoms with van der Waals surface area (Å²) in [7, 11) is 0. The summed E-state index contributed by atoms with van der Waals surface area (Å²) in [6.07, 6.45) is 3.38. The van der Waals surface area contributed by atoms with Crippen molar-refractivity contribution in [2.75, 3.05) is 6.54 Å². The van der Waals surface area contributed by atoms with Crippen molar-refractivity contribution in [1.82, 2.24) is 5.32 Å². The molecule has 2 N–H and O–H groups in total. The number of carbonyl (C=O) groups excluding carboxylic acids is 1. The van der Waals surface area contributed by atoms with E-state index in [1.54, 1.807) is 12.1 Å². The number of nitrogens with one attached hydrogen (secondary N) is 1. The Hall–Kier alpha value is -2.07. The van der Waals surface area contributed by atoms with Gasteiger partial charge in [-0.3, -0.25) is 4.79 Å². The minimum absolute atomic E-state index is 0.121. The topological polar surface area (TPSA) is 62.5 Å². The van der Waals surface area contributed by atoms with E-state index in [9.17, 15) is 9.90 Å². The zero-order valence-electron chi connectivity index (χ0n) is 12.2. The molecule has 0 aliphatic rings. The van der Waals surface area contributed by atoms with Gasteiger partial charge in [-0.25, -0.2) is 0 Å². The lowest BCUT2D eigenvalue weighted by atomic mass is 10.1. The molecule has 1 unspecified atom stereocenters. The Morgan fingerprint density at radius 3 is 2.67 bits per heavy atom. The molecule has 1 amide bonds. The van der Waals surface area contributed by atoms with Gasteiger partial charge < -0.3 is 14.8 Å². The summed E-state index contributed by atoms with van der Waals surface area (Å²) >= 11 is 0. The van der Waals surface area contributed by atoms with Gasteiger partial charge in [-0.05, 0) is 42.7 Å². The van der Waals surface area contributed by atoms with Crippen LogP contribution in [0.1, 0.15) is 47.6 Å². The van der Waals surface area contributed by atoms with E-state index >= 15 is 0 Å². The first kappa shape index (κ1) is 15.3. The molecule has 21 heavy (non-hydrogen) atoms. The maximum Gasteiger partial charge on any atom is 0.251 e. The van der Waals surface area contributed by atoms with Gasteiger partial charge in [0.1, 0.15) is 11.9 Å². The van der Waals surface area contributed by atoms with Crippen LogP contribution in [0.4, 0.5) is 0 Å². The van der Waals surface area contributed by atoms with Crippen LogP contribution in [0.2, 0.25) is 0 Å². The molecule has 0 aliphatic carbocycles. The lowest BCUT2D eigenvalue weighted by Gasteiger charge is -2.09. The smallest absolute Gasteiger partial charge is 0.251 e. The monoisotopic (exact) mass is 287 g/mol. The quantitative estimate of drug-likeness (QED) is 0.822. The van der Waals surface area contributed by atoms with Crippen LogP contribution in [0, 0.1) is 0 Å². The minimum Gasteiger partial charge on any atom is -0.467 e. The summed E-state index contributed by atoms with van der Waals surface area (Å²) in [6, 6.07) is 11.1. The molecule has 0 saturated carbocycles. The average molecular weight is 287 g/mol. The molecule has 112 valence electrons. The van der Waals surface area contributed by atoms with E-state index in [4.69, 9.17) is 4.42 Å². The van der Waals surface area contributed by atoms with Crippen molar-refractivity contribution in [3.8, 4) is 0 Å². The first-order chi connectivity index (χ1) is 10.2. The van der Waals surface area contributed by atoms with Gasteiger partial charge in [0.2, 0.25) is 0 Å². The predicted octanol–water partition coefficient (Wildman–Crippen LogP) is 3.09. The van der Waals surface area contributed by atoms with Gasteiger partial charge in [0.15, 0.2) is 0 Å². The summed E-state index contributed by atoms with van der Waals surface area (Å²) in [6.45, 7) is 2.53. The lowest BCUT2D eigenvalue weighted by molar-refractivity contribution is 0.0936. The van der Waals surface area contributed by atoms with E-state index in [1.165, 1.54) is 11.8 Å². The number of hydrogen-bond donors (Lipinski definition) is 2. The van der Waals surface area contributed by atoms with Gasteiger partial charge >= 0.3 is 0 Å². The third kappa shape index (κ3) is 4.46. The molecule has 2 rings (SSSR count). The van der Waals surface area contributed by atoms with Gasteiger partial charge in [-0.2, -0.15) is 0 Å². The van der Waals surface area contributed by atoms with Crippen LogP contribution in [0.5, 0.6) is 0 Å². The summed E-state index contributed by atoms with van der Waals surface area (Å²) < 4.78 is 5.11. The highest BCUT2D eigenvalue weighted by Crippen LogP contribution is 2.16. The Morgan fingerprint density at radius 1 is 1.29 bits per heavy atom. The average Bonchev–Trinajstić information content (AvgIpc) is 3.02. The fourth-order valence-corrected chi connectivity index (χ4v) is 2.16. The number of aliphatic hydroxyl groups excluding tert-OH is 1. The molecular weight excluding hydrogens is 266 g/mol. The molecule has 0 radical (unpaired) electrons. The molecule has 0 fully saturated rings. The van der Waals surface area contributed by atoms with Gasteiger partial charge in [-0.15, -0.1) is 0 Å². The SMILES string of the molecule is CCCc1ccc(C(=O)NCCC(O)c2ccco2)cc1. The number of aryl methyl sites for hydroxylation is 1. The molecule has 1 atom stereocenters. The molecular formula is C17H21NO3. The van der Waals surface area contributed by atoms with Crippen molar-refractivity contribution < 1.29 is 14.3 Å². The maximum atomic E-state index is 12.0. The van der Waals surface area contributed by atoms with Crippen molar-refractivity contribution in [1.29, 1.82) is 0 Å². The number of benzene rings is 1. The number of aliphatic hydroxyl groups is 1. The van der Waals surface area contributed by atoms with Crippen LogP contribution in [0.3, 0.4) is 0 Å². The normalized spacial score (nSPS) is 12.1. The summed E-state index contributed by atoms with van der Waals surface area (Å²) in [5, 5.41) is 12.6. The first-order valence-electron chi connectivity index (χ1n) is 7.29. The van der Waals surface area contributed by atoms with E-state index < -0.39 is 6.10 Å². The van der Waals surface area contributed by atoms with E-state index in [0.717, 1.165) is 12.8 Å². The fraction of sp³-hybridized carbons (Fsp3) is 0.353. The molecule has 4 nitrogen and oxygen atoms in total. The second kappa shape index (κ2) is 7.64. The fourth-order valence-electron chi connectivity index (χ4n) is 2.16. The summed E-state index contributed by atoms with van der Waals surface area (Å²) in [4.78, 5) is 12.0. The number of amides is 1. The standard InChI is InChI=1S/C17H21NO3/c1-2-4-13-6-8-14(9-7-13)17(20)18-11-10-15(19)16-5-3-12-21-16/h3,5-9,12,15,19H,2,4,10-11H2,1H3,(H,18,20). The van der Waals surface area contributed by atoms with Gasteiger partial charge in [0.05, 0.1) is 6.26 Å². The number of rotatable bonds is 7. The molecule has 0 aliphatic heterocycles. The van der Waals surface area contributed by atoms with Crippen LogP contribution in [-0.4, -0.2) is 17.6 Å². The third-order valence-electron chi connectivity index (χ3n) is 3.33. The Balaban J connectivity index is 1.79. The first-order valence-corrected chi connectivity index (χ1v) is 7.29. The van der Waals surface area contributed by atoms with Gasteiger partial charge in [-0.1, -0.05) is 25.5 Å². The second-order valence-corrected chi connectivity index (χ2v) is 5.02. The molecule has 2 aromatic rings. The molecule has 0 spiro atoms. The van der Waals surface area contributed by atoms with Crippen LogP contribution in [-0.2, 0) is 6.42 Å². The zero-order chi connectivity index (χ0) is 15.1. The predicted molar refractivity (Wildman–Crippen MR) is 81.1 cm³/mol. The van der Waals surface area contributed by atoms with Crippen molar-refractivity contribution in [2.24, 2.45) is 0 Å². The van der Waals surface area contributed by atoms with Gasteiger partial charge in [0, 0.05) is 12.1 Å².